The molecule has 1 saturated heterocycles. The zero-order valence-corrected chi connectivity index (χ0v) is 18.5. The summed E-state index contributed by atoms with van der Waals surface area (Å²) in [7, 11) is 1.59. The summed E-state index contributed by atoms with van der Waals surface area (Å²) >= 11 is 0. The van der Waals surface area contributed by atoms with Gasteiger partial charge < -0.3 is 19.4 Å². The maximum absolute atomic E-state index is 13.0. The lowest BCUT2D eigenvalue weighted by Crippen LogP contribution is -2.28. The zero-order valence-electron chi connectivity index (χ0n) is 18.5. The fraction of sp³-hybridized carbons (Fsp3) is 0.192. The van der Waals surface area contributed by atoms with Gasteiger partial charge >= 0.3 is 0 Å². The number of rotatable bonds is 5. The number of fused-ring (bicyclic) bond motifs is 1. The molecule has 0 aliphatic carbocycles. The van der Waals surface area contributed by atoms with Crippen molar-refractivity contribution in [3.05, 3.63) is 78.6 Å². The number of amides is 2. The van der Waals surface area contributed by atoms with Crippen LogP contribution in [0, 0.1) is 12.8 Å². The molecule has 1 atom stereocenters. The minimum absolute atomic E-state index is 0.0721. The first-order valence-corrected chi connectivity index (χ1v) is 10.8. The number of carbonyl (C=O) groups is 2. The minimum Gasteiger partial charge on any atom is -0.497 e. The Morgan fingerprint density at radius 3 is 2.82 bits per heavy atom. The number of hydrogen-bond acceptors (Lipinski definition) is 4. The van der Waals surface area contributed by atoms with Crippen LogP contribution in [0.4, 0.5) is 11.4 Å². The van der Waals surface area contributed by atoms with Crippen molar-refractivity contribution >= 4 is 28.8 Å². The van der Waals surface area contributed by atoms with E-state index in [4.69, 9.17) is 9.72 Å². The van der Waals surface area contributed by atoms with Crippen molar-refractivity contribution in [2.24, 2.45) is 5.92 Å². The number of imidazole rings is 1. The lowest BCUT2D eigenvalue weighted by atomic mass is 10.1. The second-order valence-electron chi connectivity index (χ2n) is 8.27. The van der Waals surface area contributed by atoms with Gasteiger partial charge in [-0.2, -0.15) is 0 Å². The molecule has 0 unspecified atom stereocenters. The molecule has 2 amide bonds. The Hall–Kier alpha value is -4.13. The molecule has 0 saturated carbocycles. The lowest BCUT2D eigenvalue weighted by Gasteiger charge is -2.17. The molecular weight excluding hydrogens is 416 g/mol. The van der Waals surface area contributed by atoms with E-state index in [1.807, 2.05) is 78.3 Å². The second-order valence-corrected chi connectivity index (χ2v) is 8.27. The summed E-state index contributed by atoms with van der Waals surface area (Å²) in [5.74, 6) is 0.00585. The smallest absolute Gasteiger partial charge is 0.229 e. The third kappa shape index (κ3) is 4.17. The fourth-order valence-electron chi connectivity index (χ4n) is 4.13. The third-order valence-electron chi connectivity index (χ3n) is 5.90. The molecule has 0 radical (unpaired) electrons. The van der Waals surface area contributed by atoms with Crippen LogP contribution in [0.15, 0.2) is 73.1 Å². The maximum Gasteiger partial charge on any atom is 0.229 e. The van der Waals surface area contributed by atoms with E-state index in [1.165, 1.54) is 0 Å². The number of carbonyl (C=O) groups excluding carboxylic acids is 2. The van der Waals surface area contributed by atoms with Crippen molar-refractivity contribution in [3.8, 4) is 17.0 Å². The number of hydrogen-bond donors (Lipinski definition) is 1. The largest absolute Gasteiger partial charge is 0.497 e. The van der Waals surface area contributed by atoms with E-state index in [2.05, 4.69) is 5.32 Å². The summed E-state index contributed by atoms with van der Waals surface area (Å²) in [6.45, 7) is 2.37. The first kappa shape index (κ1) is 20.8. The maximum atomic E-state index is 13.0. The Kier molecular flexibility index (Phi) is 5.30. The predicted octanol–water partition coefficient (Wildman–Crippen LogP) is 4.31. The molecule has 0 bridgehead atoms. The van der Waals surface area contributed by atoms with Gasteiger partial charge in [-0.3, -0.25) is 9.59 Å². The molecular formula is C26H24N4O3. The van der Waals surface area contributed by atoms with Crippen LogP contribution in [-0.2, 0) is 9.59 Å². The van der Waals surface area contributed by atoms with Gasteiger partial charge in [0.2, 0.25) is 11.8 Å². The van der Waals surface area contributed by atoms with Crippen molar-refractivity contribution in [3.63, 3.8) is 0 Å². The molecule has 7 heteroatoms. The number of nitrogens with zero attached hydrogens (tertiary/aromatic N) is 3. The Balaban J connectivity index is 1.31. The Morgan fingerprint density at radius 2 is 1.97 bits per heavy atom. The summed E-state index contributed by atoms with van der Waals surface area (Å²) in [4.78, 5) is 31.9. The monoisotopic (exact) mass is 440 g/mol. The highest BCUT2D eigenvalue weighted by Crippen LogP contribution is 2.29. The van der Waals surface area contributed by atoms with Crippen LogP contribution in [0.25, 0.3) is 16.9 Å². The van der Waals surface area contributed by atoms with Crippen LogP contribution in [0.5, 0.6) is 5.75 Å². The Labute approximate surface area is 191 Å². The summed E-state index contributed by atoms with van der Waals surface area (Å²) in [6, 6.07) is 19.0. The molecule has 1 aliphatic heterocycles. The van der Waals surface area contributed by atoms with Crippen molar-refractivity contribution in [2.45, 2.75) is 13.3 Å². The molecule has 2 aromatic carbocycles. The zero-order chi connectivity index (χ0) is 22.9. The number of anilines is 2. The average molecular weight is 441 g/mol. The number of aromatic nitrogens is 2. The van der Waals surface area contributed by atoms with Crippen LogP contribution in [0.2, 0.25) is 0 Å². The number of methoxy groups -OCH3 is 1. The molecule has 0 spiro atoms. The van der Waals surface area contributed by atoms with Crippen molar-refractivity contribution in [1.29, 1.82) is 0 Å². The highest BCUT2D eigenvalue weighted by molar-refractivity contribution is 6.03. The molecule has 4 aromatic rings. The number of ether oxygens (including phenoxy) is 1. The summed E-state index contributed by atoms with van der Waals surface area (Å²) < 4.78 is 7.23. The van der Waals surface area contributed by atoms with E-state index in [-0.39, 0.29) is 18.2 Å². The number of benzene rings is 2. The van der Waals surface area contributed by atoms with Gasteiger partial charge in [0.25, 0.3) is 0 Å². The highest BCUT2D eigenvalue weighted by Gasteiger charge is 2.35. The molecule has 1 N–H and O–H groups in total. The molecule has 1 aliphatic rings. The van der Waals surface area contributed by atoms with Crippen LogP contribution in [0.1, 0.15) is 12.0 Å². The van der Waals surface area contributed by atoms with Crippen LogP contribution in [-0.4, -0.2) is 34.9 Å². The quantitative estimate of drug-likeness (QED) is 0.502. The Bertz CT molecular complexity index is 1360. The van der Waals surface area contributed by atoms with Crippen LogP contribution < -0.4 is 15.0 Å². The van der Waals surface area contributed by atoms with Crippen molar-refractivity contribution in [1.82, 2.24) is 9.38 Å². The Morgan fingerprint density at radius 1 is 1.12 bits per heavy atom. The van der Waals surface area contributed by atoms with Gasteiger partial charge in [-0.25, -0.2) is 4.98 Å². The standard InChI is InChI=1S/C26H24N4O3/c1-17-9-10-29-16-23(28-24(29)11-17)18-5-3-6-20(12-18)27-26(32)19-13-25(31)30(15-19)21-7-4-8-22(14-21)33-2/h3-12,14,16,19H,13,15H2,1-2H3,(H,27,32)/t19-/m0/s1. The van der Waals surface area contributed by atoms with E-state index in [0.717, 1.165) is 28.2 Å². The van der Waals surface area contributed by atoms with Gasteiger partial charge in [0, 0.05) is 48.4 Å². The second kappa shape index (κ2) is 8.43. The fourth-order valence-corrected chi connectivity index (χ4v) is 4.13. The van der Waals surface area contributed by atoms with Gasteiger partial charge in [0.1, 0.15) is 11.4 Å². The normalized spacial score (nSPS) is 15.8. The van der Waals surface area contributed by atoms with Gasteiger partial charge in [-0.15, -0.1) is 0 Å². The van der Waals surface area contributed by atoms with E-state index in [1.54, 1.807) is 18.1 Å². The van der Waals surface area contributed by atoms with Crippen molar-refractivity contribution < 1.29 is 14.3 Å². The van der Waals surface area contributed by atoms with Crippen molar-refractivity contribution in [2.75, 3.05) is 23.9 Å². The molecule has 33 heavy (non-hydrogen) atoms. The molecule has 2 aromatic heterocycles. The summed E-state index contributed by atoms with van der Waals surface area (Å²) in [5.41, 5.74) is 5.18. The SMILES string of the molecule is COc1cccc(N2C[C@@H](C(=O)Nc3cccc(-c4cn5ccc(C)cc5n4)c3)CC2=O)c1. The molecule has 1 fully saturated rings. The number of pyridine rings is 1. The predicted molar refractivity (Wildman–Crippen MR) is 127 cm³/mol. The number of nitrogens with one attached hydrogen (secondary N) is 1. The minimum atomic E-state index is -0.425. The topological polar surface area (TPSA) is 75.9 Å². The lowest BCUT2D eigenvalue weighted by molar-refractivity contribution is -0.122. The summed E-state index contributed by atoms with van der Waals surface area (Å²) in [5, 5.41) is 2.97. The first-order valence-electron chi connectivity index (χ1n) is 10.8. The molecule has 7 nitrogen and oxygen atoms in total. The van der Waals surface area contributed by atoms with E-state index in [9.17, 15) is 9.59 Å². The number of aryl methyl sites for hydroxylation is 1. The van der Waals surface area contributed by atoms with Gasteiger partial charge in [0.05, 0.1) is 18.7 Å². The first-order chi connectivity index (χ1) is 16.0. The van der Waals surface area contributed by atoms with E-state index >= 15 is 0 Å². The highest BCUT2D eigenvalue weighted by atomic mass is 16.5. The van der Waals surface area contributed by atoms with Gasteiger partial charge in [-0.1, -0.05) is 18.2 Å². The van der Waals surface area contributed by atoms with Crippen LogP contribution in [0.3, 0.4) is 0 Å². The van der Waals surface area contributed by atoms with E-state index in [0.29, 0.717) is 18.0 Å². The molecule has 5 rings (SSSR count). The van der Waals surface area contributed by atoms with Gasteiger partial charge in [0.15, 0.2) is 0 Å². The van der Waals surface area contributed by atoms with Gasteiger partial charge in [-0.05, 0) is 48.9 Å². The average Bonchev–Trinajstić information content (AvgIpc) is 3.42. The third-order valence-corrected chi connectivity index (χ3v) is 5.90. The summed E-state index contributed by atoms with van der Waals surface area (Å²) in [6.07, 6.45) is 4.13. The molecule has 166 valence electrons. The van der Waals surface area contributed by atoms with Crippen LogP contribution >= 0.6 is 0 Å². The molecule has 3 heterocycles. The van der Waals surface area contributed by atoms with E-state index < -0.39 is 5.92 Å².